The third kappa shape index (κ3) is 2.67. The molecule has 0 spiro atoms. The summed E-state index contributed by atoms with van der Waals surface area (Å²) in [4.78, 5) is 24.7. The van der Waals surface area contributed by atoms with Crippen LogP contribution < -0.4 is 10.6 Å². The fraction of sp³-hybridized carbons (Fsp3) is 0.304. The van der Waals surface area contributed by atoms with Crippen LogP contribution in [0.3, 0.4) is 0 Å². The summed E-state index contributed by atoms with van der Waals surface area (Å²) in [6.07, 6.45) is 6.72. The summed E-state index contributed by atoms with van der Waals surface area (Å²) < 4.78 is 0. The molecule has 2 aliphatic carbocycles. The zero-order valence-corrected chi connectivity index (χ0v) is 15.4. The number of allylic oxidation sites excluding steroid dienone is 1. The highest BCUT2D eigenvalue weighted by Crippen LogP contribution is 2.49. The molecule has 0 aromatic heterocycles. The lowest BCUT2D eigenvalue weighted by Gasteiger charge is -2.27. The summed E-state index contributed by atoms with van der Waals surface area (Å²) in [5.41, 5.74) is 6.96. The maximum absolute atomic E-state index is 13.1. The maximum atomic E-state index is 13.1. The Kier molecular flexibility index (Phi) is 3.51. The minimum absolute atomic E-state index is 0.00964. The smallest absolute Gasteiger partial charge is 0.252 e. The lowest BCUT2D eigenvalue weighted by atomic mass is 9.85. The van der Waals surface area contributed by atoms with Crippen molar-refractivity contribution in [1.29, 1.82) is 0 Å². The highest BCUT2D eigenvalue weighted by atomic mass is 16.2. The Bertz CT molecular complexity index is 1020. The van der Waals surface area contributed by atoms with Crippen LogP contribution in [-0.2, 0) is 17.6 Å². The number of nitrogens with one attached hydrogen (secondary N) is 2. The van der Waals surface area contributed by atoms with Gasteiger partial charge in [0.1, 0.15) is 0 Å². The molecule has 27 heavy (non-hydrogen) atoms. The average molecular weight is 358 g/mol. The molecule has 1 saturated carbocycles. The zero-order chi connectivity index (χ0) is 18.6. The van der Waals surface area contributed by atoms with Gasteiger partial charge >= 0.3 is 0 Å². The Morgan fingerprint density at radius 3 is 2.78 bits per heavy atom. The fourth-order valence-electron chi connectivity index (χ4n) is 4.45. The molecule has 0 radical (unpaired) electrons. The van der Waals surface area contributed by atoms with Crippen molar-refractivity contribution in [2.75, 3.05) is 5.32 Å². The molecule has 2 amide bonds. The Morgan fingerprint density at radius 2 is 1.96 bits per heavy atom. The number of hydrogen-bond acceptors (Lipinski definition) is 2. The number of fused-ring (bicyclic) bond motifs is 2. The number of carbonyl (C=O) groups excluding carboxylic acids is 2. The summed E-state index contributed by atoms with van der Waals surface area (Å²) in [7, 11) is 0. The molecule has 1 aliphatic heterocycles. The van der Waals surface area contributed by atoms with Crippen LogP contribution in [0.25, 0.3) is 5.57 Å². The first-order valence-corrected chi connectivity index (χ1v) is 9.60. The number of rotatable bonds is 3. The number of carbonyl (C=O) groups is 2. The molecule has 2 aromatic rings. The van der Waals surface area contributed by atoms with Gasteiger partial charge in [-0.1, -0.05) is 36.4 Å². The lowest BCUT2D eigenvalue weighted by molar-refractivity contribution is -0.115. The van der Waals surface area contributed by atoms with E-state index in [-0.39, 0.29) is 17.4 Å². The lowest BCUT2D eigenvalue weighted by Crippen LogP contribution is -2.38. The number of aryl methyl sites for hydroxylation is 2. The summed E-state index contributed by atoms with van der Waals surface area (Å²) in [5, 5.41) is 6.16. The van der Waals surface area contributed by atoms with Crippen molar-refractivity contribution in [2.45, 2.75) is 44.6 Å². The Morgan fingerprint density at radius 1 is 1.15 bits per heavy atom. The van der Waals surface area contributed by atoms with Gasteiger partial charge in [0, 0.05) is 11.3 Å². The van der Waals surface area contributed by atoms with Gasteiger partial charge in [0.05, 0.1) is 12.0 Å². The predicted octanol–water partition coefficient (Wildman–Crippen LogP) is 3.78. The van der Waals surface area contributed by atoms with Crippen LogP contribution in [0.4, 0.5) is 5.69 Å². The van der Waals surface area contributed by atoms with Crippen molar-refractivity contribution in [3.8, 4) is 0 Å². The van der Waals surface area contributed by atoms with E-state index in [2.05, 4.69) is 41.0 Å². The summed E-state index contributed by atoms with van der Waals surface area (Å²) in [6.45, 7) is 1.94. The molecular formula is C23H22N2O2. The first kappa shape index (κ1) is 16.3. The standard InChI is InChI=1S/C23H22N2O2/c1-14-11-16-12-21(26)24-20(16)13-18(14)22(27)25-23(9-10-23)19-8-4-6-15-5-2-3-7-17(15)19/h2-3,5,7-8,11,13H,4,6,9-10,12H2,1H3,(H,24,26)(H,25,27). The van der Waals surface area contributed by atoms with Crippen molar-refractivity contribution in [1.82, 2.24) is 5.32 Å². The van der Waals surface area contributed by atoms with Crippen LogP contribution in [0.2, 0.25) is 0 Å². The molecule has 136 valence electrons. The van der Waals surface area contributed by atoms with Gasteiger partial charge in [-0.05, 0) is 66.5 Å². The van der Waals surface area contributed by atoms with Crippen LogP contribution >= 0.6 is 0 Å². The largest absolute Gasteiger partial charge is 0.343 e. The van der Waals surface area contributed by atoms with E-state index in [9.17, 15) is 9.59 Å². The Labute approximate surface area is 158 Å². The van der Waals surface area contributed by atoms with E-state index < -0.39 is 0 Å². The molecule has 2 aromatic carbocycles. The van der Waals surface area contributed by atoms with E-state index in [0.29, 0.717) is 12.0 Å². The Hall–Kier alpha value is -2.88. The number of hydrogen-bond donors (Lipinski definition) is 2. The van der Waals surface area contributed by atoms with Gasteiger partial charge in [-0.15, -0.1) is 0 Å². The van der Waals surface area contributed by atoms with Gasteiger partial charge in [0.2, 0.25) is 5.91 Å². The maximum Gasteiger partial charge on any atom is 0.252 e. The highest BCUT2D eigenvalue weighted by Gasteiger charge is 2.48. The fourth-order valence-corrected chi connectivity index (χ4v) is 4.45. The third-order valence-electron chi connectivity index (χ3n) is 6.01. The number of benzene rings is 2. The summed E-state index contributed by atoms with van der Waals surface area (Å²) >= 11 is 0. The van der Waals surface area contributed by atoms with Gasteiger partial charge < -0.3 is 10.6 Å². The van der Waals surface area contributed by atoms with Crippen molar-refractivity contribution < 1.29 is 9.59 Å². The van der Waals surface area contributed by atoms with Crippen LogP contribution in [0, 0.1) is 6.92 Å². The van der Waals surface area contributed by atoms with E-state index in [1.165, 1.54) is 16.7 Å². The van der Waals surface area contributed by atoms with Gasteiger partial charge in [-0.2, -0.15) is 0 Å². The second-order valence-corrected chi connectivity index (χ2v) is 7.90. The first-order valence-electron chi connectivity index (χ1n) is 9.60. The molecule has 0 unspecified atom stereocenters. The molecule has 5 rings (SSSR count). The minimum Gasteiger partial charge on any atom is -0.343 e. The van der Waals surface area contributed by atoms with Crippen LogP contribution in [0.5, 0.6) is 0 Å². The van der Waals surface area contributed by atoms with E-state index in [4.69, 9.17) is 0 Å². The molecular weight excluding hydrogens is 336 g/mol. The van der Waals surface area contributed by atoms with Gasteiger partial charge in [-0.25, -0.2) is 0 Å². The third-order valence-corrected chi connectivity index (χ3v) is 6.01. The van der Waals surface area contributed by atoms with Crippen LogP contribution in [-0.4, -0.2) is 17.4 Å². The molecule has 1 heterocycles. The second kappa shape index (κ2) is 5.81. The first-order chi connectivity index (χ1) is 13.1. The molecule has 2 N–H and O–H groups in total. The molecule has 0 saturated heterocycles. The molecule has 1 fully saturated rings. The van der Waals surface area contributed by atoms with E-state index >= 15 is 0 Å². The number of amides is 2. The van der Waals surface area contributed by atoms with Crippen molar-refractivity contribution in [3.63, 3.8) is 0 Å². The normalized spacial score (nSPS) is 18.9. The quantitative estimate of drug-likeness (QED) is 0.877. The van der Waals surface area contributed by atoms with Gasteiger partial charge in [0.25, 0.3) is 5.91 Å². The SMILES string of the molecule is Cc1cc2c(cc1C(=O)NC1(C3=CCCc4ccccc43)CC1)NC(=O)C2. The van der Waals surface area contributed by atoms with Crippen LogP contribution in [0.1, 0.15) is 51.9 Å². The van der Waals surface area contributed by atoms with Gasteiger partial charge in [-0.3, -0.25) is 9.59 Å². The van der Waals surface area contributed by atoms with Crippen LogP contribution in [0.15, 0.2) is 42.5 Å². The minimum atomic E-state index is -0.248. The second-order valence-electron chi connectivity index (χ2n) is 7.90. The topological polar surface area (TPSA) is 58.2 Å². The molecule has 4 nitrogen and oxygen atoms in total. The summed E-state index contributed by atoms with van der Waals surface area (Å²) in [5.74, 6) is -0.0671. The highest BCUT2D eigenvalue weighted by molar-refractivity contribution is 6.04. The van der Waals surface area contributed by atoms with E-state index in [1.54, 1.807) is 0 Å². The Balaban J connectivity index is 1.45. The van der Waals surface area contributed by atoms with Gasteiger partial charge in [0.15, 0.2) is 0 Å². The predicted molar refractivity (Wildman–Crippen MR) is 106 cm³/mol. The van der Waals surface area contributed by atoms with Crippen molar-refractivity contribution in [2.24, 2.45) is 0 Å². The molecule has 0 atom stereocenters. The molecule has 3 aliphatic rings. The molecule has 0 bridgehead atoms. The van der Waals surface area contributed by atoms with E-state index in [0.717, 1.165) is 42.5 Å². The zero-order valence-electron chi connectivity index (χ0n) is 15.4. The van der Waals surface area contributed by atoms with Crippen molar-refractivity contribution in [3.05, 3.63) is 70.3 Å². The van der Waals surface area contributed by atoms with Crippen molar-refractivity contribution >= 4 is 23.1 Å². The van der Waals surface area contributed by atoms with E-state index in [1.807, 2.05) is 19.1 Å². The average Bonchev–Trinajstić information content (AvgIpc) is 3.34. The monoisotopic (exact) mass is 358 g/mol. The summed E-state index contributed by atoms with van der Waals surface area (Å²) in [6, 6.07) is 12.3. The molecule has 4 heteroatoms. The number of anilines is 1.